The van der Waals surface area contributed by atoms with Gasteiger partial charge in [0.25, 0.3) is 11.8 Å². The number of carbonyl (C=O) groups is 3. The van der Waals surface area contributed by atoms with Gasteiger partial charge in [0.05, 0.1) is 19.0 Å². The molecule has 1 aliphatic heterocycles. The van der Waals surface area contributed by atoms with E-state index in [4.69, 9.17) is 11.7 Å². The Balaban J connectivity index is 1.63. The van der Waals surface area contributed by atoms with Gasteiger partial charge in [0, 0.05) is 58.3 Å². The highest BCUT2D eigenvalue weighted by molar-refractivity contribution is 5.95. The number of nitrogens with zero attached hydrogens (tertiary/aromatic N) is 8. The summed E-state index contributed by atoms with van der Waals surface area (Å²) >= 11 is 0. The molecule has 45 heavy (non-hydrogen) atoms. The van der Waals surface area contributed by atoms with E-state index in [0.717, 1.165) is 28.7 Å². The predicted molar refractivity (Wildman–Crippen MR) is 168 cm³/mol. The molecule has 1 N–H and O–H groups in total. The van der Waals surface area contributed by atoms with Gasteiger partial charge in [0.2, 0.25) is 5.91 Å². The molecule has 12 heteroatoms. The molecule has 2 aromatic carbocycles. The lowest BCUT2D eigenvalue weighted by Gasteiger charge is -2.36. The number of aromatic nitrogens is 4. The summed E-state index contributed by atoms with van der Waals surface area (Å²) in [5.41, 5.74) is 4.18. The Labute approximate surface area is 264 Å². The van der Waals surface area contributed by atoms with Crippen molar-refractivity contribution in [1.82, 2.24) is 40.2 Å². The van der Waals surface area contributed by atoms with Crippen molar-refractivity contribution in [3.63, 3.8) is 0 Å². The maximum atomic E-state index is 13.1. The molecule has 0 radical (unpaired) electrons. The summed E-state index contributed by atoms with van der Waals surface area (Å²) in [5, 5.41) is 17.0. The molecular weight excluding hydrogens is 570 g/mol. The summed E-state index contributed by atoms with van der Waals surface area (Å²) in [5.74, 6) is 0.234. The van der Waals surface area contributed by atoms with Gasteiger partial charge in [0.15, 0.2) is 5.82 Å². The average Bonchev–Trinajstić information content (AvgIpc) is 3.67. The number of aryl methyl sites for hydroxylation is 3. The van der Waals surface area contributed by atoms with Crippen molar-refractivity contribution < 1.29 is 14.4 Å². The zero-order chi connectivity index (χ0) is 32.5. The molecule has 1 saturated heterocycles. The Hall–Kier alpha value is -4.63. The summed E-state index contributed by atoms with van der Waals surface area (Å²) in [6, 6.07) is 11.4. The molecule has 2 heterocycles. The number of carbonyl (C=O) groups excluding carboxylic acids is 3. The molecule has 3 aromatic rings. The second-order valence-corrected chi connectivity index (χ2v) is 12.5. The van der Waals surface area contributed by atoms with Crippen LogP contribution in [0.2, 0.25) is 0 Å². The van der Waals surface area contributed by atoms with Crippen molar-refractivity contribution in [3.8, 4) is 0 Å². The number of fused-ring (bicyclic) bond motifs is 2. The van der Waals surface area contributed by atoms with Gasteiger partial charge in [-0.1, -0.05) is 12.1 Å². The minimum absolute atomic E-state index is 0.0881. The van der Waals surface area contributed by atoms with Gasteiger partial charge in [-0.3, -0.25) is 24.1 Å². The highest BCUT2D eigenvalue weighted by atomic mass is 16.2. The summed E-state index contributed by atoms with van der Waals surface area (Å²) in [7, 11) is 8.66. The lowest BCUT2D eigenvalue weighted by atomic mass is 9.67. The summed E-state index contributed by atoms with van der Waals surface area (Å²) in [6.07, 6.45) is 2.90. The maximum absolute atomic E-state index is 13.1. The van der Waals surface area contributed by atoms with Crippen molar-refractivity contribution in [2.45, 2.75) is 56.7 Å². The molecule has 3 amide bonds. The molecular formula is C33H41N9O3. The normalized spacial score (nSPS) is 17.4. The van der Waals surface area contributed by atoms with Crippen molar-refractivity contribution in [1.29, 1.82) is 0 Å². The standard InChI is InChI=1S/C33H41N9O3/c1-21(35-20-29(43)42-16-8-9-28(42)34-2)19-33(32-36-38-41(7)37-32)26-14-12-24(30(44)39(3)4)17-22(26)10-11-23-18-25(13-15-27(23)33)31(45)40(5)6/h12-15,17-18,21,28,35H,8-11,16,19-20H2,1,3-7H3/t21-,28+/m1/s1. The van der Waals surface area contributed by atoms with Crippen molar-refractivity contribution in [2.24, 2.45) is 7.05 Å². The summed E-state index contributed by atoms with van der Waals surface area (Å²) in [6.45, 7) is 10.2. The van der Waals surface area contributed by atoms with E-state index < -0.39 is 11.6 Å². The van der Waals surface area contributed by atoms with Crippen molar-refractivity contribution >= 4 is 17.7 Å². The van der Waals surface area contributed by atoms with Gasteiger partial charge >= 0.3 is 6.17 Å². The molecule has 5 rings (SSSR count). The Morgan fingerprint density at radius 2 is 1.60 bits per heavy atom. The molecule has 236 valence electrons. The van der Waals surface area contributed by atoms with E-state index in [1.165, 1.54) is 4.80 Å². The van der Waals surface area contributed by atoms with E-state index in [0.29, 0.717) is 49.2 Å². The number of tetrazole rings is 1. The SMILES string of the molecule is [C-]#[N+][C@@H]1CCCN1C(=O)CN[C@H](C)CC1(c2nnn(C)n2)c2ccc(C(=O)N(C)C)cc2CCc2cc(C(=O)N(C)C)ccc21. The fourth-order valence-electron chi connectivity index (χ4n) is 6.71. The van der Waals surface area contributed by atoms with E-state index in [1.54, 1.807) is 49.9 Å². The lowest BCUT2D eigenvalue weighted by Crippen LogP contribution is -2.45. The second kappa shape index (κ2) is 12.8. The number of hydrogen-bond acceptors (Lipinski definition) is 7. The van der Waals surface area contributed by atoms with E-state index in [-0.39, 0.29) is 30.3 Å². The second-order valence-electron chi connectivity index (χ2n) is 12.5. The fourth-order valence-corrected chi connectivity index (χ4v) is 6.71. The van der Waals surface area contributed by atoms with Crippen LogP contribution in [0, 0.1) is 6.57 Å². The van der Waals surface area contributed by atoms with E-state index >= 15 is 0 Å². The Bertz CT molecular complexity index is 1580. The van der Waals surface area contributed by atoms with Crippen LogP contribution in [0.1, 0.15) is 75.0 Å². The third-order valence-electron chi connectivity index (χ3n) is 8.89. The number of hydrogen-bond donors (Lipinski definition) is 1. The van der Waals surface area contributed by atoms with E-state index in [9.17, 15) is 14.4 Å². The van der Waals surface area contributed by atoms with Crippen LogP contribution in [0.25, 0.3) is 4.85 Å². The third kappa shape index (κ3) is 6.04. The topological polar surface area (TPSA) is 121 Å². The molecule has 2 aliphatic rings. The van der Waals surface area contributed by atoms with Gasteiger partial charge in [-0.25, -0.2) is 6.57 Å². The first-order valence-corrected chi connectivity index (χ1v) is 15.3. The first kappa shape index (κ1) is 31.8. The first-order chi connectivity index (χ1) is 21.5. The molecule has 1 aromatic heterocycles. The first-order valence-electron chi connectivity index (χ1n) is 15.3. The molecule has 0 unspecified atom stereocenters. The van der Waals surface area contributed by atoms with Crippen LogP contribution in [0.5, 0.6) is 0 Å². The lowest BCUT2D eigenvalue weighted by molar-refractivity contribution is -0.130. The van der Waals surface area contributed by atoms with E-state index in [1.807, 2.05) is 43.3 Å². The molecule has 0 bridgehead atoms. The minimum Gasteiger partial charge on any atom is -0.345 e. The van der Waals surface area contributed by atoms with Crippen LogP contribution in [0.4, 0.5) is 0 Å². The Kier molecular flexibility index (Phi) is 9.02. The molecule has 0 spiro atoms. The van der Waals surface area contributed by atoms with Gasteiger partial charge in [-0.05, 0) is 84.3 Å². The predicted octanol–water partition coefficient (Wildman–Crippen LogP) is 2.28. The summed E-state index contributed by atoms with van der Waals surface area (Å²) in [4.78, 5) is 49.0. The molecule has 12 nitrogen and oxygen atoms in total. The highest BCUT2D eigenvalue weighted by Gasteiger charge is 2.46. The van der Waals surface area contributed by atoms with Crippen LogP contribution in [0.3, 0.4) is 0 Å². The van der Waals surface area contributed by atoms with Gasteiger partial charge in [-0.2, -0.15) is 4.80 Å². The Morgan fingerprint density at radius 3 is 2.09 bits per heavy atom. The van der Waals surface area contributed by atoms with Crippen LogP contribution < -0.4 is 5.32 Å². The van der Waals surface area contributed by atoms with Crippen LogP contribution in [-0.4, -0.2) is 106 Å². The Morgan fingerprint density at radius 1 is 1.02 bits per heavy atom. The van der Waals surface area contributed by atoms with Crippen LogP contribution in [-0.2, 0) is 30.1 Å². The van der Waals surface area contributed by atoms with Gasteiger partial charge in [-0.15, -0.1) is 10.2 Å². The minimum atomic E-state index is -0.906. The third-order valence-corrected chi connectivity index (χ3v) is 8.89. The van der Waals surface area contributed by atoms with Crippen LogP contribution >= 0.6 is 0 Å². The number of likely N-dealkylation sites (tertiary alicyclic amines) is 1. The quantitative estimate of drug-likeness (QED) is 0.388. The zero-order valence-electron chi connectivity index (χ0n) is 26.9. The highest BCUT2D eigenvalue weighted by Crippen LogP contribution is 2.47. The largest absolute Gasteiger partial charge is 0.345 e. The monoisotopic (exact) mass is 611 g/mol. The smallest absolute Gasteiger partial charge is 0.300 e. The number of rotatable bonds is 8. The van der Waals surface area contributed by atoms with Crippen molar-refractivity contribution in [3.05, 3.63) is 87.0 Å². The number of nitrogens with one attached hydrogen (secondary N) is 1. The molecule has 1 aliphatic carbocycles. The van der Waals surface area contributed by atoms with Crippen molar-refractivity contribution in [2.75, 3.05) is 41.3 Å². The van der Waals surface area contributed by atoms with Crippen LogP contribution in [0.15, 0.2) is 36.4 Å². The number of benzene rings is 2. The number of amides is 3. The maximum Gasteiger partial charge on any atom is 0.300 e. The molecule has 1 fully saturated rings. The van der Waals surface area contributed by atoms with Gasteiger partial charge < -0.3 is 15.1 Å². The average molecular weight is 612 g/mol. The molecule has 2 atom stereocenters. The molecule has 0 saturated carbocycles. The van der Waals surface area contributed by atoms with Gasteiger partial charge in [0.1, 0.15) is 0 Å². The summed E-state index contributed by atoms with van der Waals surface area (Å²) < 4.78 is 0. The fraction of sp³-hybridized carbons (Fsp3) is 0.485. The zero-order valence-corrected chi connectivity index (χ0v) is 26.9. The van der Waals surface area contributed by atoms with E-state index in [2.05, 4.69) is 20.5 Å².